The summed E-state index contributed by atoms with van der Waals surface area (Å²) in [5.74, 6) is 1.21. The molecule has 0 aliphatic rings. The Morgan fingerprint density at radius 3 is 2.15 bits per heavy atom. The van der Waals surface area contributed by atoms with Crippen LogP contribution >= 0.6 is 0 Å². The van der Waals surface area contributed by atoms with Gasteiger partial charge in [0.25, 0.3) is 0 Å². The van der Waals surface area contributed by atoms with E-state index in [-0.39, 0.29) is 0 Å². The zero-order valence-electron chi connectivity index (χ0n) is 8.06. The van der Waals surface area contributed by atoms with Crippen molar-refractivity contribution in [2.75, 3.05) is 14.2 Å². The van der Waals surface area contributed by atoms with Crippen molar-refractivity contribution >= 4 is 0 Å². The molecule has 0 atom stereocenters. The van der Waals surface area contributed by atoms with Crippen LogP contribution in [0.25, 0.3) is 0 Å². The summed E-state index contributed by atoms with van der Waals surface area (Å²) in [7, 11) is 3.10. The third-order valence-corrected chi connectivity index (χ3v) is 1.99. The van der Waals surface area contributed by atoms with Gasteiger partial charge in [-0.3, -0.25) is 0 Å². The number of aryl methyl sites for hydroxylation is 1. The molecule has 0 unspecified atom stereocenters. The van der Waals surface area contributed by atoms with Gasteiger partial charge in [0, 0.05) is 0 Å². The Labute approximate surface area is 77.3 Å². The van der Waals surface area contributed by atoms with Crippen LogP contribution in [0.5, 0.6) is 11.5 Å². The first-order valence-corrected chi connectivity index (χ1v) is 4.00. The summed E-state index contributed by atoms with van der Waals surface area (Å²) < 4.78 is 22.6. The van der Waals surface area contributed by atoms with Crippen LogP contribution in [0.2, 0.25) is 0 Å². The molecule has 0 heterocycles. The van der Waals surface area contributed by atoms with Crippen molar-refractivity contribution in [1.82, 2.24) is 0 Å². The third kappa shape index (κ3) is 1.91. The van der Waals surface area contributed by atoms with E-state index in [1.807, 2.05) is 6.92 Å². The molecule has 0 amide bonds. The molecule has 0 radical (unpaired) electrons. The highest BCUT2D eigenvalue weighted by atomic mass is 19.1. The maximum Gasteiger partial charge on any atom is 0.161 e. The van der Waals surface area contributed by atoms with Crippen LogP contribution in [0.15, 0.2) is 12.1 Å². The van der Waals surface area contributed by atoms with Crippen molar-refractivity contribution in [3.05, 3.63) is 23.3 Å². The standard InChI is InChI=1S/C10H13FO2/c1-7-4-9(12-2)10(13-3)5-8(7)6-11/h4-5H,6H2,1-3H3. The second kappa shape index (κ2) is 4.12. The first-order chi connectivity index (χ1) is 6.22. The molecule has 3 heteroatoms. The summed E-state index contributed by atoms with van der Waals surface area (Å²) in [5, 5.41) is 0. The molecule has 0 aromatic heterocycles. The van der Waals surface area contributed by atoms with Gasteiger partial charge in [0.2, 0.25) is 0 Å². The molecule has 0 spiro atoms. The van der Waals surface area contributed by atoms with E-state index in [9.17, 15) is 4.39 Å². The zero-order valence-corrected chi connectivity index (χ0v) is 8.06. The monoisotopic (exact) mass is 184 g/mol. The normalized spacial score (nSPS) is 9.85. The van der Waals surface area contributed by atoms with E-state index in [2.05, 4.69) is 0 Å². The van der Waals surface area contributed by atoms with Crippen LogP contribution in [0.4, 0.5) is 4.39 Å². The number of hydrogen-bond acceptors (Lipinski definition) is 2. The summed E-state index contributed by atoms with van der Waals surface area (Å²) in [6.45, 7) is 1.36. The molecular weight excluding hydrogens is 171 g/mol. The van der Waals surface area contributed by atoms with Crippen molar-refractivity contribution in [2.45, 2.75) is 13.6 Å². The highest BCUT2D eigenvalue weighted by molar-refractivity contribution is 5.46. The number of methoxy groups -OCH3 is 2. The lowest BCUT2D eigenvalue weighted by Gasteiger charge is -2.10. The van der Waals surface area contributed by atoms with Crippen LogP contribution in [0, 0.1) is 6.92 Å². The molecule has 0 saturated heterocycles. The van der Waals surface area contributed by atoms with E-state index in [0.717, 1.165) is 5.56 Å². The molecule has 0 saturated carbocycles. The number of alkyl halides is 1. The quantitative estimate of drug-likeness (QED) is 0.718. The predicted molar refractivity (Wildman–Crippen MR) is 49.1 cm³/mol. The van der Waals surface area contributed by atoms with Gasteiger partial charge in [-0.2, -0.15) is 0 Å². The van der Waals surface area contributed by atoms with E-state index in [0.29, 0.717) is 17.1 Å². The Morgan fingerprint density at radius 2 is 1.69 bits per heavy atom. The maximum absolute atomic E-state index is 12.4. The molecule has 0 bridgehead atoms. The summed E-state index contributed by atoms with van der Waals surface area (Å²) in [5.41, 5.74) is 1.51. The first-order valence-electron chi connectivity index (χ1n) is 4.00. The summed E-state index contributed by atoms with van der Waals surface area (Å²) in [4.78, 5) is 0. The van der Waals surface area contributed by atoms with E-state index in [4.69, 9.17) is 9.47 Å². The van der Waals surface area contributed by atoms with Gasteiger partial charge >= 0.3 is 0 Å². The van der Waals surface area contributed by atoms with Gasteiger partial charge in [-0.1, -0.05) is 0 Å². The number of hydrogen-bond donors (Lipinski definition) is 0. The van der Waals surface area contributed by atoms with Crippen molar-refractivity contribution in [1.29, 1.82) is 0 Å². The number of rotatable bonds is 3. The number of ether oxygens (including phenoxy) is 2. The molecule has 0 fully saturated rings. The minimum absolute atomic E-state index is 0.480. The Bertz CT molecular complexity index is 297. The third-order valence-electron chi connectivity index (χ3n) is 1.99. The Balaban J connectivity index is 3.18. The van der Waals surface area contributed by atoms with Crippen LogP contribution in [-0.2, 0) is 6.67 Å². The minimum atomic E-state index is -0.480. The average molecular weight is 184 g/mol. The van der Waals surface area contributed by atoms with E-state index < -0.39 is 6.67 Å². The van der Waals surface area contributed by atoms with Gasteiger partial charge in [-0.25, -0.2) is 4.39 Å². The smallest absolute Gasteiger partial charge is 0.161 e. The van der Waals surface area contributed by atoms with Crippen molar-refractivity contribution in [3.8, 4) is 11.5 Å². The largest absolute Gasteiger partial charge is 0.493 e. The Kier molecular flexibility index (Phi) is 3.12. The molecule has 0 N–H and O–H groups in total. The van der Waals surface area contributed by atoms with Crippen LogP contribution in [0.3, 0.4) is 0 Å². The molecule has 72 valence electrons. The second-order valence-electron chi connectivity index (χ2n) is 2.77. The van der Waals surface area contributed by atoms with Crippen molar-refractivity contribution in [3.63, 3.8) is 0 Å². The predicted octanol–water partition coefficient (Wildman–Crippen LogP) is 2.48. The molecule has 1 aromatic rings. The lowest BCUT2D eigenvalue weighted by Crippen LogP contribution is -1.94. The molecule has 0 aliphatic heterocycles. The SMILES string of the molecule is COc1cc(C)c(CF)cc1OC. The Hall–Kier alpha value is -1.25. The fourth-order valence-corrected chi connectivity index (χ4v) is 1.17. The average Bonchev–Trinajstić information content (AvgIpc) is 2.17. The molecule has 2 nitrogen and oxygen atoms in total. The van der Waals surface area contributed by atoms with Gasteiger partial charge in [0.05, 0.1) is 14.2 Å². The molecule has 0 aliphatic carbocycles. The van der Waals surface area contributed by atoms with Gasteiger partial charge in [0.1, 0.15) is 6.67 Å². The molecule has 1 rings (SSSR count). The van der Waals surface area contributed by atoms with E-state index in [1.165, 1.54) is 7.11 Å². The summed E-state index contributed by atoms with van der Waals surface area (Å²) in [6, 6.07) is 3.43. The van der Waals surface area contributed by atoms with Crippen molar-refractivity contribution < 1.29 is 13.9 Å². The van der Waals surface area contributed by atoms with Crippen molar-refractivity contribution in [2.24, 2.45) is 0 Å². The topological polar surface area (TPSA) is 18.5 Å². The van der Waals surface area contributed by atoms with Gasteiger partial charge < -0.3 is 9.47 Å². The summed E-state index contributed by atoms with van der Waals surface area (Å²) in [6.07, 6.45) is 0. The lowest BCUT2D eigenvalue weighted by atomic mass is 10.1. The molecular formula is C10H13FO2. The van der Waals surface area contributed by atoms with Gasteiger partial charge in [-0.05, 0) is 30.2 Å². The lowest BCUT2D eigenvalue weighted by molar-refractivity contribution is 0.353. The highest BCUT2D eigenvalue weighted by Gasteiger charge is 2.07. The molecule has 13 heavy (non-hydrogen) atoms. The second-order valence-corrected chi connectivity index (χ2v) is 2.77. The fraction of sp³-hybridized carbons (Fsp3) is 0.400. The van der Waals surface area contributed by atoms with Crippen LogP contribution < -0.4 is 9.47 Å². The minimum Gasteiger partial charge on any atom is -0.493 e. The molecule has 1 aromatic carbocycles. The highest BCUT2D eigenvalue weighted by Crippen LogP contribution is 2.30. The first kappa shape index (κ1) is 9.84. The zero-order chi connectivity index (χ0) is 9.84. The van der Waals surface area contributed by atoms with E-state index in [1.54, 1.807) is 19.2 Å². The Morgan fingerprint density at radius 1 is 1.15 bits per heavy atom. The summed E-state index contributed by atoms with van der Waals surface area (Å²) >= 11 is 0. The maximum atomic E-state index is 12.4. The number of benzene rings is 1. The fourth-order valence-electron chi connectivity index (χ4n) is 1.17. The van der Waals surface area contributed by atoms with Crippen LogP contribution in [-0.4, -0.2) is 14.2 Å². The van der Waals surface area contributed by atoms with E-state index >= 15 is 0 Å². The number of halogens is 1. The van der Waals surface area contributed by atoms with Crippen LogP contribution in [0.1, 0.15) is 11.1 Å². The van der Waals surface area contributed by atoms with Gasteiger partial charge in [-0.15, -0.1) is 0 Å². The van der Waals surface area contributed by atoms with Gasteiger partial charge in [0.15, 0.2) is 11.5 Å².